The lowest BCUT2D eigenvalue weighted by Gasteiger charge is -2.33. The molecule has 0 unspecified atom stereocenters. The molecule has 0 aromatic carbocycles. The highest BCUT2D eigenvalue weighted by Crippen LogP contribution is 2.40. The fourth-order valence-electron chi connectivity index (χ4n) is 3.56. The van der Waals surface area contributed by atoms with Gasteiger partial charge in [-0.25, -0.2) is 14.8 Å². The van der Waals surface area contributed by atoms with Crippen LogP contribution in [0.3, 0.4) is 0 Å². The second-order valence-electron chi connectivity index (χ2n) is 6.53. The van der Waals surface area contributed by atoms with Crippen molar-refractivity contribution in [3.8, 4) is 5.88 Å². The van der Waals surface area contributed by atoms with Gasteiger partial charge in [0.05, 0.1) is 15.4 Å². The van der Waals surface area contributed by atoms with E-state index in [0.29, 0.717) is 16.5 Å². The summed E-state index contributed by atoms with van der Waals surface area (Å²) in [6, 6.07) is -0.0793. The molecule has 0 bridgehead atoms. The van der Waals surface area contributed by atoms with Crippen LogP contribution in [0, 0.1) is 8.99 Å². The summed E-state index contributed by atoms with van der Waals surface area (Å²) in [6.45, 7) is 3.20. The Morgan fingerprint density at radius 3 is 3.00 bits per heavy atom. The number of aromatic nitrogens is 2. The van der Waals surface area contributed by atoms with Crippen molar-refractivity contribution in [1.29, 1.82) is 0 Å². The number of methoxy groups -OCH3 is 1. The Morgan fingerprint density at radius 2 is 2.24 bits per heavy atom. The predicted molar refractivity (Wildman–Crippen MR) is 104 cm³/mol. The van der Waals surface area contributed by atoms with Crippen LogP contribution in [0.4, 0.5) is 9.93 Å². The minimum Gasteiger partial charge on any atom is -0.479 e. The number of fused-ring (bicyclic) bond motifs is 1. The lowest BCUT2D eigenvalue weighted by atomic mass is 9.80. The number of hydrogen-bond donors (Lipinski definition) is 1. The molecule has 4 rings (SSSR count). The Kier molecular flexibility index (Phi) is 4.71. The number of rotatable bonds is 2. The number of carbonyl (C=O) groups excluding carboxylic acids is 1. The standard InChI is InChI=1S/C16H19IN4O3S/c1-23-13-11-12(10(17)8-18-13)25-14(19-11)20-15(22)21-5-2-16(9-21)3-6-24-7-4-16/h8H,2-7,9H2,1H3,(H,19,20,22). The molecule has 25 heavy (non-hydrogen) atoms. The molecule has 1 spiro atoms. The monoisotopic (exact) mass is 474 g/mol. The van der Waals surface area contributed by atoms with E-state index in [1.165, 1.54) is 11.3 Å². The highest BCUT2D eigenvalue weighted by atomic mass is 127. The van der Waals surface area contributed by atoms with Gasteiger partial charge in [0.25, 0.3) is 0 Å². The molecule has 4 heterocycles. The zero-order chi connectivity index (χ0) is 17.4. The highest BCUT2D eigenvalue weighted by Gasteiger charge is 2.41. The quantitative estimate of drug-likeness (QED) is 0.676. The van der Waals surface area contributed by atoms with Crippen LogP contribution in [0.1, 0.15) is 19.3 Å². The first-order chi connectivity index (χ1) is 12.1. The van der Waals surface area contributed by atoms with Crippen molar-refractivity contribution < 1.29 is 14.3 Å². The summed E-state index contributed by atoms with van der Waals surface area (Å²) in [6.07, 6.45) is 4.89. The van der Waals surface area contributed by atoms with Gasteiger partial charge in [-0.15, -0.1) is 0 Å². The van der Waals surface area contributed by atoms with E-state index in [1.54, 1.807) is 13.3 Å². The van der Waals surface area contributed by atoms with Crippen LogP contribution in [-0.4, -0.2) is 54.3 Å². The van der Waals surface area contributed by atoms with E-state index in [2.05, 4.69) is 37.9 Å². The lowest BCUT2D eigenvalue weighted by Crippen LogP contribution is -2.37. The zero-order valence-corrected chi connectivity index (χ0v) is 16.9. The van der Waals surface area contributed by atoms with E-state index in [9.17, 15) is 4.79 Å². The maximum atomic E-state index is 12.7. The largest absolute Gasteiger partial charge is 0.479 e. The van der Waals surface area contributed by atoms with E-state index < -0.39 is 0 Å². The molecule has 0 atom stereocenters. The van der Waals surface area contributed by atoms with Gasteiger partial charge in [0, 0.05) is 32.5 Å². The van der Waals surface area contributed by atoms with E-state index in [-0.39, 0.29) is 11.4 Å². The van der Waals surface area contributed by atoms with Crippen LogP contribution in [0.25, 0.3) is 10.2 Å². The molecule has 2 saturated heterocycles. The first-order valence-corrected chi connectivity index (χ1v) is 10.1. The van der Waals surface area contributed by atoms with Crippen LogP contribution in [0.15, 0.2) is 6.20 Å². The van der Waals surface area contributed by atoms with Crippen LogP contribution in [0.5, 0.6) is 5.88 Å². The van der Waals surface area contributed by atoms with Crippen molar-refractivity contribution >= 4 is 55.3 Å². The molecule has 0 radical (unpaired) electrons. The molecule has 9 heteroatoms. The number of hydrogen-bond acceptors (Lipinski definition) is 6. The summed E-state index contributed by atoms with van der Waals surface area (Å²) in [7, 11) is 1.57. The van der Waals surface area contributed by atoms with Gasteiger partial charge in [-0.3, -0.25) is 5.32 Å². The van der Waals surface area contributed by atoms with Crippen molar-refractivity contribution in [3.05, 3.63) is 9.77 Å². The van der Waals surface area contributed by atoms with Gasteiger partial charge >= 0.3 is 6.03 Å². The van der Waals surface area contributed by atoms with Gasteiger partial charge < -0.3 is 14.4 Å². The van der Waals surface area contributed by atoms with Crippen LogP contribution < -0.4 is 10.1 Å². The molecule has 0 saturated carbocycles. The number of nitrogens with one attached hydrogen (secondary N) is 1. The Labute approximate surface area is 163 Å². The number of amides is 2. The summed E-state index contributed by atoms with van der Waals surface area (Å²) in [5.41, 5.74) is 0.933. The van der Waals surface area contributed by atoms with Crippen LogP contribution in [0.2, 0.25) is 0 Å². The summed E-state index contributed by atoms with van der Waals surface area (Å²) >= 11 is 3.67. The van der Waals surface area contributed by atoms with E-state index >= 15 is 0 Å². The SMILES string of the molecule is COc1ncc(I)c2sc(NC(=O)N3CCC4(CCOCC4)C3)nc12. The third-order valence-corrected chi connectivity index (χ3v) is 7.22. The third-order valence-electron chi connectivity index (χ3n) is 5.03. The second kappa shape index (κ2) is 6.84. The van der Waals surface area contributed by atoms with Crippen LogP contribution >= 0.6 is 33.9 Å². The summed E-state index contributed by atoms with van der Waals surface area (Å²) in [5, 5.41) is 3.53. The van der Waals surface area contributed by atoms with Gasteiger partial charge in [0.15, 0.2) is 5.13 Å². The van der Waals surface area contributed by atoms with Crippen molar-refractivity contribution in [2.24, 2.45) is 5.41 Å². The highest BCUT2D eigenvalue weighted by molar-refractivity contribution is 14.1. The average Bonchev–Trinajstić information content (AvgIpc) is 3.21. The number of urea groups is 1. The predicted octanol–water partition coefficient (Wildman–Crippen LogP) is 3.34. The molecule has 2 fully saturated rings. The molecular weight excluding hydrogens is 455 g/mol. The fraction of sp³-hybridized carbons (Fsp3) is 0.562. The number of thiazole rings is 1. The topological polar surface area (TPSA) is 76.6 Å². The summed E-state index contributed by atoms with van der Waals surface area (Å²) in [5.74, 6) is 0.481. The first kappa shape index (κ1) is 17.2. The van der Waals surface area contributed by atoms with Crippen molar-refractivity contribution in [3.63, 3.8) is 0 Å². The Balaban J connectivity index is 1.50. The minimum absolute atomic E-state index is 0.0793. The smallest absolute Gasteiger partial charge is 0.323 e. The van der Waals surface area contributed by atoms with Gasteiger partial charge in [-0.1, -0.05) is 11.3 Å². The Bertz CT molecular complexity index is 806. The number of halogens is 1. The maximum absolute atomic E-state index is 12.7. The minimum atomic E-state index is -0.0793. The van der Waals surface area contributed by atoms with E-state index in [0.717, 1.165) is 53.8 Å². The first-order valence-electron chi connectivity index (χ1n) is 8.23. The van der Waals surface area contributed by atoms with Crippen LogP contribution in [-0.2, 0) is 4.74 Å². The summed E-state index contributed by atoms with van der Waals surface area (Å²) in [4.78, 5) is 23.3. The molecule has 2 aromatic heterocycles. The van der Waals surface area contributed by atoms with Gasteiger partial charge in [0.1, 0.15) is 5.52 Å². The number of likely N-dealkylation sites (tertiary alicyclic amines) is 1. The molecule has 134 valence electrons. The van der Waals surface area contributed by atoms with Gasteiger partial charge in [-0.2, -0.15) is 0 Å². The van der Waals surface area contributed by atoms with Crippen molar-refractivity contribution in [1.82, 2.24) is 14.9 Å². The Hall–Kier alpha value is -1.20. The molecule has 2 amide bonds. The third kappa shape index (κ3) is 3.28. The lowest BCUT2D eigenvalue weighted by molar-refractivity contribution is 0.0211. The van der Waals surface area contributed by atoms with E-state index in [1.807, 2.05) is 4.90 Å². The van der Waals surface area contributed by atoms with E-state index in [4.69, 9.17) is 9.47 Å². The summed E-state index contributed by atoms with van der Waals surface area (Å²) < 4.78 is 12.7. The van der Waals surface area contributed by atoms with Gasteiger partial charge in [0.2, 0.25) is 5.88 Å². The van der Waals surface area contributed by atoms with Gasteiger partial charge in [-0.05, 0) is 47.3 Å². The number of pyridine rings is 1. The maximum Gasteiger partial charge on any atom is 0.323 e. The number of nitrogens with zero attached hydrogens (tertiary/aromatic N) is 3. The molecule has 2 aliphatic heterocycles. The second-order valence-corrected chi connectivity index (χ2v) is 8.69. The number of anilines is 1. The number of carbonyl (C=O) groups is 1. The molecule has 2 aromatic rings. The molecule has 1 N–H and O–H groups in total. The molecule has 7 nitrogen and oxygen atoms in total. The van der Waals surface area contributed by atoms with Crippen molar-refractivity contribution in [2.45, 2.75) is 19.3 Å². The normalized spacial score (nSPS) is 19.5. The average molecular weight is 474 g/mol. The fourth-order valence-corrected chi connectivity index (χ4v) is 5.13. The molecular formula is C16H19IN4O3S. The molecule has 0 aliphatic carbocycles. The zero-order valence-electron chi connectivity index (χ0n) is 13.9. The molecule has 2 aliphatic rings. The number of ether oxygens (including phenoxy) is 2. The van der Waals surface area contributed by atoms with Crippen molar-refractivity contribution in [2.75, 3.05) is 38.7 Å². The Morgan fingerprint density at radius 1 is 1.44 bits per heavy atom.